The Morgan fingerprint density at radius 3 is 2.93 bits per heavy atom. The van der Waals surface area contributed by atoms with Crippen molar-refractivity contribution in [3.63, 3.8) is 0 Å². The van der Waals surface area contributed by atoms with Gasteiger partial charge in [-0.2, -0.15) is 0 Å². The van der Waals surface area contributed by atoms with Crippen molar-refractivity contribution in [1.29, 1.82) is 0 Å². The van der Waals surface area contributed by atoms with Gasteiger partial charge in [-0.15, -0.1) is 21.5 Å². The molecule has 1 aromatic carbocycles. The van der Waals surface area contributed by atoms with Crippen LogP contribution in [0.5, 0.6) is 0 Å². The molecule has 7 heteroatoms. The first kappa shape index (κ1) is 17.6. The zero-order valence-electron chi connectivity index (χ0n) is 15.0. The Morgan fingerprint density at radius 2 is 2.11 bits per heavy atom. The Labute approximate surface area is 160 Å². The Hall–Kier alpha value is -2.77. The number of hydrogen-bond donors (Lipinski definition) is 1. The van der Waals surface area contributed by atoms with Gasteiger partial charge in [0.15, 0.2) is 5.78 Å². The maximum Gasteiger partial charge on any atom is 0.257 e. The van der Waals surface area contributed by atoms with E-state index in [-0.39, 0.29) is 5.78 Å². The zero-order valence-corrected chi connectivity index (χ0v) is 15.8. The summed E-state index contributed by atoms with van der Waals surface area (Å²) in [5.41, 5.74) is 1.69. The normalized spacial score (nSPS) is 11.5. The number of benzene rings is 1. The molecule has 0 radical (unpaired) electrons. The lowest BCUT2D eigenvalue weighted by molar-refractivity contribution is 0.0921. The Kier molecular flexibility index (Phi) is 5.13. The number of nitrogens with one attached hydrogen (secondary N) is 1. The van der Waals surface area contributed by atoms with Crippen LogP contribution < -0.4 is 0 Å². The molecule has 0 saturated heterocycles. The lowest BCUT2D eigenvalue weighted by atomic mass is 10.1. The third-order valence-electron chi connectivity index (χ3n) is 4.35. The Morgan fingerprint density at radius 1 is 1.22 bits per heavy atom. The third-order valence-corrected chi connectivity index (χ3v) is 5.21. The summed E-state index contributed by atoms with van der Waals surface area (Å²) in [7, 11) is 0. The molecule has 0 aliphatic rings. The predicted octanol–water partition coefficient (Wildman–Crippen LogP) is 4.37. The molecule has 0 saturated carbocycles. The van der Waals surface area contributed by atoms with Gasteiger partial charge in [-0.25, -0.2) is 0 Å². The van der Waals surface area contributed by atoms with Crippen molar-refractivity contribution >= 4 is 28.0 Å². The molecule has 3 heterocycles. The van der Waals surface area contributed by atoms with Crippen molar-refractivity contribution < 1.29 is 9.21 Å². The molecule has 0 aliphatic heterocycles. The van der Waals surface area contributed by atoms with E-state index in [1.165, 1.54) is 0 Å². The van der Waals surface area contributed by atoms with Gasteiger partial charge in [-0.05, 0) is 30.5 Å². The van der Waals surface area contributed by atoms with Crippen LogP contribution in [0.3, 0.4) is 0 Å². The van der Waals surface area contributed by atoms with E-state index in [4.69, 9.17) is 4.42 Å². The summed E-state index contributed by atoms with van der Waals surface area (Å²) in [5.74, 6) is 1.14. The summed E-state index contributed by atoms with van der Waals surface area (Å²) in [6.07, 6.45) is 2.73. The maximum atomic E-state index is 12.9. The molecule has 4 rings (SSSR count). The van der Waals surface area contributed by atoms with Gasteiger partial charge in [-0.3, -0.25) is 9.69 Å². The molecule has 0 spiro atoms. The number of fused-ring (bicyclic) bond motifs is 1. The number of H-pyrrole nitrogens is 1. The number of carbonyl (C=O) groups is 1. The van der Waals surface area contributed by atoms with Crippen LogP contribution in [0.15, 0.2) is 52.4 Å². The first-order valence-electron chi connectivity index (χ1n) is 8.92. The smallest absolute Gasteiger partial charge is 0.257 e. The van der Waals surface area contributed by atoms with Gasteiger partial charge in [0.05, 0.1) is 18.0 Å². The highest BCUT2D eigenvalue weighted by Crippen LogP contribution is 2.23. The van der Waals surface area contributed by atoms with Gasteiger partial charge < -0.3 is 9.40 Å². The summed E-state index contributed by atoms with van der Waals surface area (Å²) in [6.45, 7) is 3.64. The van der Waals surface area contributed by atoms with E-state index in [0.717, 1.165) is 34.3 Å². The molecule has 4 aromatic rings. The lowest BCUT2D eigenvalue weighted by Gasteiger charge is -2.18. The predicted molar refractivity (Wildman–Crippen MR) is 106 cm³/mol. The first-order chi connectivity index (χ1) is 13.2. The number of ketones is 1. The summed E-state index contributed by atoms with van der Waals surface area (Å²) >= 11 is 1.56. The maximum absolute atomic E-state index is 12.9. The monoisotopic (exact) mass is 380 g/mol. The van der Waals surface area contributed by atoms with Crippen molar-refractivity contribution in [2.75, 3.05) is 13.1 Å². The first-order valence-corrected chi connectivity index (χ1v) is 9.80. The molecule has 0 amide bonds. The topological polar surface area (TPSA) is 75.0 Å². The van der Waals surface area contributed by atoms with Gasteiger partial charge in [0.25, 0.3) is 5.89 Å². The lowest BCUT2D eigenvalue weighted by Crippen LogP contribution is -2.30. The summed E-state index contributed by atoms with van der Waals surface area (Å²) in [4.78, 5) is 19.0. The molecule has 0 bridgehead atoms. The van der Waals surface area contributed by atoms with Crippen LogP contribution in [0, 0.1) is 0 Å². The van der Waals surface area contributed by atoms with Crippen LogP contribution in [-0.4, -0.2) is 39.0 Å². The second kappa shape index (κ2) is 7.85. The number of Topliss-reactive ketones (excluding diaryl/α,β-unsaturated/α-hetero) is 1. The average Bonchev–Trinajstić information content (AvgIpc) is 3.41. The fourth-order valence-electron chi connectivity index (χ4n) is 3.13. The van der Waals surface area contributed by atoms with Crippen LogP contribution in [0.4, 0.5) is 0 Å². The van der Waals surface area contributed by atoms with Crippen molar-refractivity contribution in [2.45, 2.75) is 19.9 Å². The highest BCUT2D eigenvalue weighted by atomic mass is 32.1. The SMILES string of the molecule is CCCN(CC(=O)c1c[nH]c2ccccc12)Cc1nnc(-c2cccs2)o1. The highest BCUT2D eigenvalue weighted by Gasteiger charge is 2.18. The zero-order chi connectivity index (χ0) is 18.6. The van der Waals surface area contributed by atoms with Gasteiger partial charge in [-0.1, -0.05) is 31.2 Å². The van der Waals surface area contributed by atoms with E-state index in [1.54, 1.807) is 17.5 Å². The van der Waals surface area contributed by atoms with Crippen LogP contribution in [0.2, 0.25) is 0 Å². The van der Waals surface area contributed by atoms with Gasteiger partial charge >= 0.3 is 0 Å². The molecule has 3 aromatic heterocycles. The Balaban J connectivity index is 1.48. The molecular formula is C20H20N4O2S. The van der Waals surface area contributed by atoms with E-state index < -0.39 is 0 Å². The van der Waals surface area contributed by atoms with Gasteiger partial charge in [0, 0.05) is 22.7 Å². The summed E-state index contributed by atoms with van der Waals surface area (Å²) < 4.78 is 5.78. The minimum atomic E-state index is 0.0823. The number of aromatic nitrogens is 3. The standard InChI is InChI=1S/C20H20N4O2S/c1-2-9-24(13-19-22-23-20(26-19)18-8-5-10-27-18)12-17(25)15-11-21-16-7-4-3-6-14(15)16/h3-8,10-11,21H,2,9,12-13H2,1H3. The number of rotatable bonds is 8. The van der Waals surface area contributed by atoms with E-state index in [0.29, 0.717) is 24.9 Å². The van der Waals surface area contributed by atoms with E-state index in [1.807, 2.05) is 41.8 Å². The number of carbonyl (C=O) groups excluding carboxylic acids is 1. The average molecular weight is 380 g/mol. The van der Waals surface area contributed by atoms with E-state index >= 15 is 0 Å². The fourth-order valence-corrected chi connectivity index (χ4v) is 3.77. The molecule has 6 nitrogen and oxygen atoms in total. The molecule has 0 unspecified atom stereocenters. The van der Waals surface area contributed by atoms with Gasteiger partial charge in [0.1, 0.15) is 0 Å². The number of nitrogens with zero attached hydrogens (tertiary/aromatic N) is 3. The van der Waals surface area contributed by atoms with E-state index in [2.05, 4.69) is 27.0 Å². The summed E-state index contributed by atoms with van der Waals surface area (Å²) in [5, 5.41) is 11.2. The third kappa shape index (κ3) is 3.84. The molecule has 27 heavy (non-hydrogen) atoms. The minimum absolute atomic E-state index is 0.0823. The van der Waals surface area contributed by atoms with Crippen molar-refractivity contribution in [1.82, 2.24) is 20.1 Å². The second-order valence-corrected chi connectivity index (χ2v) is 7.31. The molecular weight excluding hydrogens is 360 g/mol. The number of aromatic amines is 1. The largest absolute Gasteiger partial charge is 0.419 e. The quantitative estimate of drug-likeness (QED) is 0.459. The number of thiophene rings is 1. The molecule has 0 atom stereocenters. The van der Waals surface area contributed by atoms with Crippen LogP contribution >= 0.6 is 11.3 Å². The molecule has 0 fully saturated rings. The van der Waals surface area contributed by atoms with Crippen LogP contribution in [0.25, 0.3) is 21.7 Å². The number of para-hydroxylation sites is 1. The second-order valence-electron chi connectivity index (χ2n) is 6.36. The fraction of sp³-hybridized carbons (Fsp3) is 0.250. The van der Waals surface area contributed by atoms with E-state index in [9.17, 15) is 4.79 Å². The molecule has 1 N–H and O–H groups in total. The van der Waals surface area contributed by atoms with Crippen LogP contribution in [-0.2, 0) is 6.54 Å². The van der Waals surface area contributed by atoms with Crippen molar-refractivity contribution in [3.8, 4) is 10.8 Å². The Bertz CT molecular complexity index is 1040. The minimum Gasteiger partial charge on any atom is -0.419 e. The molecule has 138 valence electrons. The van der Waals surface area contributed by atoms with Crippen molar-refractivity contribution in [3.05, 3.63) is 59.4 Å². The van der Waals surface area contributed by atoms with Gasteiger partial charge in [0.2, 0.25) is 5.89 Å². The van der Waals surface area contributed by atoms with Crippen molar-refractivity contribution in [2.24, 2.45) is 0 Å². The van der Waals surface area contributed by atoms with Crippen LogP contribution in [0.1, 0.15) is 29.6 Å². The summed E-state index contributed by atoms with van der Waals surface area (Å²) in [6, 6.07) is 11.7. The number of hydrogen-bond acceptors (Lipinski definition) is 6. The molecule has 0 aliphatic carbocycles. The highest BCUT2D eigenvalue weighted by molar-refractivity contribution is 7.13.